The number of benzene rings is 1. The molecule has 3 N–H and O–H groups in total. The molecule has 1 aromatic carbocycles. The summed E-state index contributed by atoms with van der Waals surface area (Å²) in [6.45, 7) is 0. The zero-order valence-electron chi connectivity index (χ0n) is 7.03. The van der Waals surface area contributed by atoms with E-state index in [1.165, 1.54) is 18.2 Å². The summed E-state index contributed by atoms with van der Waals surface area (Å²) >= 11 is 5.64. The van der Waals surface area contributed by atoms with Crippen LogP contribution in [0.4, 0.5) is 18.9 Å². The van der Waals surface area contributed by atoms with E-state index < -0.39 is 12.6 Å². The highest BCUT2D eigenvalue weighted by molar-refractivity contribution is 6.33. The van der Waals surface area contributed by atoms with Gasteiger partial charge < -0.3 is 5.43 Å². The van der Waals surface area contributed by atoms with Crippen molar-refractivity contribution in [1.29, 1.82) is 0 Å². The predicted octanol–water partition coefficient (Wildman–Crippen LogP) is 2.73. The van der Waals surface area contributed by atoms with E-state index in [9.17, 15) is 13.2 Å². The first-order chi connectivity index (χ1) is 6.42. The number of rotatable bonds is 2. The van der Waals surface area contributed by atoms with Crippen LogP contribution in [-0.4, -0.2) is 6.18 Å². The molecule has 14 heavy (non-hydrogen) atoms. The van der Waals surface area contributed by atoms with Crippen LogP contribution in [-0.2, 0) is 6.42 Å². The summed E-state index contributed by atoms with van der Waals surface area (Å²) in [4.78, 5) is 0. The number of alkyl halides is 3. The summed E-state index contributed by atoms with van der Waals surface area (Å²) < 4.78 is 36.0. The standard InChI is InChI=1S/C8H8ClF3N2/c9-6-2-1-5(3-7(6)14-13)4-8(10,11)12/h1-3,14H,4,13H2. The summed E-state index contributed by atoms with van der Waals surface area (Å²) in [6.07, 6.45) is -5.21. The molecule has 0 aliphatic carbocycles. The van der Waals surface area contributed by atoms with Gasteiger partial charge in [-0.15, -0.1) is 0 Å². The lowest BCUT2D eigenvalue weighted by atomic mass is 10.1. The third-order valence-corrected chi connectivity index (χ3v) is 1.92. The van der Waals surface area contributed by atoms with Crippen molar-refractivity contribution in [3.63, 3.8) is 0 Å². The van der Waals surface area contributed by atoms with Gasteiger partial charge >= 0.3 is 6.18 Å². The third kappa shape index (κ3) is 3.08. The molecule has 0 saturated heterocycles. The lowest BCUT2D eigenvalue weighted by molar-refractivity contribution is -0.127. The second kappa shape index (κ2) is 4.06. The quantitative estimate of drug-likeness (QED) is 0.599. The van der Waals surface area contributed by atoms with Gasteiger partial charge in [0.05, 0.1) is 17.1 Å². The molecule has 0 amide bonds. The summed E-state index contributed by atoms with van der Waals surface area (Å²) in [5.41, 5.74) is 2.63. The number of halogens is 4. The average molecular weight is 225 g/mol. The van der Waals surface area contributed by atoms with Gasteiger partial charge in [0.2, 0.25) is 0 Å². The van der Waals surface area contributed by atoms with Gasteiger partial charge in [-0.05, 0) is 17.7 Å². The van der Waals surface area contributed by atoms with Crippen LogP contribution in [0.25, 0.3) is 0 Å². The van der Waals surface area contributed by atoms with E-state index in [4.69, 9.17) is 17.4 Å². The summed E-state index contributed by atoms with van der Waals surface area (Å²) in [5, 5.41) is 0.290. The van der Waals surface area contributed by atoms with E-state index in [-0.39, 0.29) is 11.3 Å². The van der Waals surface area contributed by atoms with Crippen molar-refractivity contribution >= 4 is 17.3 Å². The largest absolute Gasteiger partial charge is 0.393 e. The van der Waals surface area contributed by atoms with E-state index in [1.807, 2.05) is 0 Å². The van der Waals surface area contributed by atoms with Crippen LogP contribution in [0.1, 0.15) is 5.56 Å². The second-order valence-corrected chi connectivity index (χ2v) is 3.16. The monoisotopic (exact) mass is 224 g/mol. The van der Waals surface area contributed by atoms with E-state index in [0.717, 1.165) is 0 Å². The number of hydrazine groups is 1. The van der Waals surface area contributed by atoms with Gasteiger partial charge in [-0.2, -0.15) is 13.2 Å². The zero-order valence-corrected chi connectivity index (χ0v) is 7.78. The molecule has 0 saturated carbocycles. The molecule has 6 heteroatoms. The molecular formula is C8H8ClF3N2. The molecule has 1 rings (SSSR count). The number of hydrogen-bond donors (Lipinski definition) is 2. The number of nitrogen functional groups attached to an aromatic ring is 1. The molecule has 0 aliphatic heterocycles. The molecule has 1 aromatic rings. The Morgan fingerprint density at radius 2 is 2.00 bits per heavy atom. The van der Waals surface area contributed by atoms with Crippen LogP contribution in [0, 0.1) is 0 Å². The zero-order chi connectivity index (χ0) is 10.8. The molecule has 2 nitrogen and oxygen atoms in total. The Morgan fingerprint density at radius 1 is 1.36 bits per heavy atom. The molecule has 0 aromatic heterocycles. The summed E-state index contributed by atoms with van der Waals surface area (Å²) in [5.74, 6) is 5.07. The first kappa shape index (κ1) is 11.1. The highest BCUT2D eigenvalue weighted by Gasteiger charge is 2.27. The molecule has 0 spiro atoms. The minimum absolute atomic E-state index is 0.120. The molecule has 78 valence electrons. The molecule has 0 bridgehead atoms. The van der Waals surface area contributed by atoms with Gasteiger partial charge in [-0.3, -0.25) is 5.84 Å². The van der Waals surface area contributed by atoms with Gasteiger partial charge in [0, 0.05) is 0 Å². The van der Waals surface area contributed by atoms with Gasteiger partial charge in [0.25, 0.3) is 0 Å². The Bertz CT molecular complexity index is 325. The fourth-order valence-electron chi connectivity index (χ4n) is 1.02. The lowest BCUT2D eigenvalue weighted by Gasteiger charge is -2.09. The highest BCUT2D eigenvalue weighted by Crippen LogP contribution is 2.26. The molecule has 0 fully saturated rings. The van der Waals surface area contributed by atoms with Crippen molar-refractivity contribution in [2.24, 2.45) is 5.84 Å². The smallest absolute Gasteiger partial charge is 0.323 e. The van der Waals surface area contributed by atoms with Gasteiger partial charge in [-0.25, -0.2) is 0 Å². The number of hydrogen-bond acceptors (Lipinski definition) is 2. The Hall–Kier alpha value is -0.940. The van der Waals surface area contributed by atoms with Crippen molar-refractivity contribution in [3.05, 3.63) is 28.8 Å². The Labute approximate surface area is 83.8 Å². The van der Waals surface area contributed by atoms with Gasteiger partial charge in [-0.1, -0.05) is 17.7 Å². The van der Waals surface area contributed by atoms with Gasteiger partial charge in [0.15, 0.2) is 0 Å². The molecule has 0 heterocycles. The molecular weight excluding hydrogens is 217 g/mol. The van der Waals surface area contributed by atoms with E-state index >= 15 is 0 Å². The first-order valence-electron chi connectivity index (χ1n) is 3.74. The van der Waals surface area contributed by atoms with E-state index in [0.29, 0.717) is 5.02 Å². The number of nitrogens with one attached hydrogen (secondary N) is 1. The maximum Gasteiger partial charge on any atom is 0.393 e. The third-order valence-electron chi connectivity index (χ3n) is 1.59. The molecule has 0 unspecified atom stereocenters. The van der Waals surface area contributed by atoms with Crippen LogP contribution in [0.2, 0.25) is 5.02 Å². The Kier molecular flexibility index (Phi) is 3.23. The minimum Gasteiger partial charge on any atom is -0.323 e. The van der Waals surface area contributed by atoms with E-state index in [2.05, 4.69) is 5.43 Å². The normalized spacial score (nSPS) is 11.5. The molecule has 0 aliphatic rings. The van der Waals surface area contributed by atoms with Crippen LogP contribution < -0.4 is 11.3 Å². The Balaban J connectivity index is 2.90. The van der Waals surface area contributed by atoms with Crippen LogP contribution in [0.5, 0.6) is 0 Å². The maximum atomic E-state index is 12.0. The minimum atomic E-state index is -4.22. The lowest BCUT2D eigenvalue weighted by Crippen LogP contribution is -2.13. The molecule has 0 radical (unpaired) electrons. The number of nitrogens with two attached hydrogens (primary N) is 1. The highest BCUT2D eigenvalue weighted by atomic mass is 35.5. The average Bonchev–Trinajstić information content (AvgIpc) is 2.06. The Morgan fingerprint density at radius 3 is 2.50 bits per heavy atom. The maximum absolute atomic E-state index is 12.0. The van der Waals surface area contributed by atoms with Crippen molar-refractivity contribution in [2.45, 2.75) is 12.6 Å². The fraction of sp³-hybridized carbons (Fsp3) is 0.250. The van der Waals surface area contributed by atoms with Crippen molar-refractivity contribution in [2.75, 3.05) is 5.43 Å². The van der Waals surface area contributed by atoms with Crippen LogP contribution in [0.3, 0.4) is 0 Å². The predicted molar refractivity (Wildman–Crippen MR) is 49.0 cm³/mol. The van der Waals surface area contributed by atoms with Crippen molar-refractivity contribution in [1.82, 2.24) is 0 Å². The van der Waals surface area contributed by atoms with Crippen molar-refractivity contribution < 1.29 is 13.2 Å². The van der Waals surface area contributed by atoms with Crippen LogP contribution in [0.15, 0.2) is 18.2 Å². The first-order valence-corrected chi connectivity index (χ1v) is 4.12. The topological polar surface area (TPSA) is 38.0 Å². The fourth-order valence-corrected chi connectivity index (χ4v) is 1.20. The number of anilines is 1. The van der Waals surface area contributed by atoms with Crippen LogP contribution >= 0.6 is 11.6 Å². The summed E-state index contributed by atoms with van der Waals surface area (Å²) in [6, 6.07) is 3.96. The van der Waals surface area contributed by atoms with Gasteiger partial charge in [0.1, 0.15) is 0 Å². The van der Waals surface area contributed by atoms with Crippen molar-refractivity contribution in [3.8, 4) is 0 Å². The SMILES string of the molecule is NNc1cc(CC(F)(F)F)ccc1Cl. The van der Waals surface area contributed by atoms with E-state index in [1.54, 1.807) is 0 Å². The molecule has 0 atom stereocenters. The second-order valence-electron chi connectivity index (χ2n) is 2.75. The summed E-state index contributed by atoms with van der Waals surface area (Å²) in [7, 11) is 0.